The van der Waals surface area contributed by atoms with Crippen LogP contribution in [0.1, 0.15) is 36.3 Å². The number of carboxylic acids is 1. The summed E-state index contributed by atoms with van der Waals surface area (Å²) in [4.78, 5) is 13.3. The quantitative estimate of drug-likeness (QED) is 0.906. The van der Waals surface area contributed by atoms with E-state index in [9.17, 15) is 4.79 Å². The summed E-state index contributed by atoms with van der Waals surface area (Å²) >= 11 is 0. The Bertz CT molecular complexity index is 472. The van der Waals surface area contributed by atoms with Crippen molar-refractivity contribution in [2.24, 2.45) is 5.92 Å². The summed E-state index contributed by atoms with van der Waals surface area (Å²) in [5, 5.41) is 9.07. The molecule has 3 rings (SSSR count). The van der Waals surface area contributed by atoms with Crippen LogP contribution in [0.4, 0.5) is 0 Å². The number of carbonyl (C=O) groups is 1. The highest BCUT2D eigenvalue weighted by Crippen LogP contribution is 2.33. The third-order valence-electron chi connectivity index (χ3n) is 4.59. The molecule has 0 spiro atoms. The van der Waals surface area contributed by atoms with Gasteiger partial charge in [-0.3, -0.25) is 4.79 Å². The van der Waals surface area contributed by atoms with Gasteiger partial charge in [0.15, 0.2) is 0 Å². The molecule has 0 saturated carbocycles. The zero-order valence-electron chi connectivity index (χ0n) is 11.2. The van der Waals surface area contributed by atoms with Crippen molar-refractivity contribution in [1.29, 1.82) is 0 Å². The van der Waals surface area contributed by atoms with Crippen LogP contribution in [0.2, 0.25) is 0 Å². The van der Waals surface area contributed by atoms with Gasteiger partial charge in [-0.25, -0.2) is 0 Å². The van der Waals surface area contributed by atoms with Gasteiger partial charge in [-0.15, -0.1) is 0 Å². The Morgan fingerprint density at radius 2 is 2.16 bits per heavy atom. The number of nitrogens with zero attached hydrogens (tertiary/aromatic N) is 1. The number of likely N-dealkylation sites (tertiary alicyclic amines) is 1. The van der Waals surface area contributed by atoms with Crippen molar-refractivity contribution in [2.45, 2.75) is 31.6 Å². The molecular weight excluding hydrogens is 238 g/mol. The molecule has 2 atom stereocenters. The average molecular weight is 259 g/mol. The van der Waals surface area contributed by atoms with E-state index in [4.69, 9.17) is 5.11 Å². The maximum atomic E-state index is 11.0. The number of aliphatic carboxylic acids is 1. The molecule has 102 valence electrons. The monoisotopic (exact) mass is 259 g/mol. The van der Waals surface area contributed by atoms with Crippen LogP contribution >= 0.6 is 0 Å². The molecule has 1 saturated heterocycles. The SMILES string of the molecule is O=C(O)[C@@H]1CCN(C[C@@H]2CCCc3ccccc32)C1. The number of carboxylic acid groups (broad SMARTS) is 1. The summed E-state index contributed by atoms with van der Waals surface area (Å²) in [6.45, 7) is 2.70. The van der Waals surface area contributed by atoms with Crippen LogP contribution in [-0.2, 0) is 11.2 Å². The molecule has 0 amide bonds. The van der Waals surface area contributed by atoms with Gasteiger partial charge in [0.25, 0.3) is 0 Å². The molecule has 3 nitrogen and oxygen atoms in total. The van der Waals surface area contributed by atoms with E-state index in [1.54, 1.807) is 0 Å². The summed E-state index contributed by atoms with van der Waals surface area (Å²) in [7, 11) is 0. The highest BCUT2D eigenvalue weighted by atomic mass is 16.4. The molecule has 1 aliphatic heterocycles. The molecule has 19 heavy (non-hydrogen) atoms. The minimum atomic E-state index is -0.633. The van der Waals surface area contributed by atoms with Gasteiger partial charge in [0.1, 0.15) is 0 Å². The molecule has 1 aliphatic carbocycles. The van der Waals surface area contributed by atoms with Gasteiger partial charge in [0.2, 0.25) is 0 Å². The average Bonchev–Trinajstić information content (AvgIpc) is 2.88. The fraction of sp³-hybridized carbons (Fsp3) is 0.562. The minimum Gasteiger partial charge on any atom is -0.481 e. The Morgan fingerprint density at radius 3 is 2.95 bits per heavy atom. The molecule has 1 aromatic rings. The highest BCUT2D eigenvalue weighted by Gasteiger charge is 2.30. The summed E-state index contributed by atoms with van der Waals surface area (Å²) in [6, 6.07) is 8.74. The van der Waals surface area contributed by atoms with Crippen molar-refractivity contribution in [2.75, 3.05) is 19.6 Å². The number of benzene rings is 1. The van der Waals surface area contributed by atoms with E-state index in [0.717, 1.165) is 26.1 Å². The predicted octanol–water partition coefficient (Wildman–Crippen LogP) is 2.51. The van der Waals surface area contributed by atoms with Crippen LogP contribution in [0.5, 0.6) is 0 Å². The second-order valence-electron chi connectivity index (χ2n) is 5.87. The van der Waals surface area contributed by atoms with Crippen LogP contribution < -0.4 is 0 Å². The third-order valence-corrected chi connectivity index (χ3v) is 4.59. The molecule has 1 fully saturated rings. The van der Waals surface area contributed by atoms with Crippen molar-refractivity contribution in [3.05, 3.63) is 35.4 Å². The molecule has 1 aromatic carbocycles. The van der Waals surface area contributed by atoms with Gasteiger partial charge in [-0.1, -0.05) is 24.3 Å². The molecule has 0 bridgehead atoms. The van der Waals surface area contributed by atoms with Crippen LogP contribution in [0.3, 0.4) is 0 Å². The molecular formula is C16H21NO2. The molecule has 0 aromatic heterocycles. The number of hydrogen-bond acceptors (Lipinski definition) is 2. The fourth-order valence-electron chi connectivity index (χ4n) is 3.56. The zero-order valence-corrected chi connectivity index (χ0v) is 11.2. The summed E-state index contributed by atoms with van der Waals surface area (Å²) in [5.74, 6) is -0.192. The van der Waals surface area contributed by atoms with Gasteiger partial charge in [0.05, 0.1) is 5.92 Å². The third kappa shape index (κ3) is 2.66. The van der Waals surface area contributed by atoms with Crippen LogP contribution in [0.15, 0.2) is 24.3 Å². The molecule has 2 aliphatic rings. The van der Waals surface area contributed by atoms with Crippen LogP contribution in [0, 0.1) is 5.92 Å². The molecule has 1 heterocycles. The highest BCUT2D eigenvalue weighted by molar-refractivity contribution is 5.70. The van der Waals surface area contributed by atoms with E-state index in [2.05, 4.69) is 29.2 Å². The first-order valence-electron chi connectivity index (χ1n) is 7.27. The molecule has 1 N–H and O–H groups in total. The van der Waals surface area contributed by atoms with Crippen LogP contribution in [-0.4, -0.2) is 35.6 Å². The van der Waals surface area contributed by atoms with Crippen molar-refractivity contribution < 1.29 is 9.90 Å². The van der Waals surface area contributed by atoms with E-state index in [1.807, 2.05) is 0 Å². The number of fused-ring (bicyclic) bond motifs is 1. The van der Waals surface area contributed by atoms with Gasteiger partial charge >= 0.3 is 5.97 Å². The van der Waals surface area contributed by atoms with Crippen molar-refractivity contribution >= 4 is 5.97 Å². The Morgan fingerprint density at radius 1 is 1.32 bits per heavy atom. The van der Waals surface area contributed by atoms with Gasteiger partial charge in [-0.2, -0.15) is 0 Å². The van der Waals surface area contributed by atoms with Crippen molar-refractivity contribution in [3.63, 3.8) is 0 Å². The van der Waals surface area contributed by atoms with Crippen molar-refractivity contribution in [1.82, 2.24) is 4.90 Å². The van der Waals surface area contributed by atoms with E-state index >= 15 is 0 Å². The minimum absolute atomic E-state index is 0.154. The first-order valence-corrected chi connectivity index (χ1v) is 7.27. The Kier molecular flexibility index (Phi) is 3.56. The normalized spacial score (nSPS) is 27.2. The second-order valence-corrected chi connectivity index (χ2v) is 5.87. The molecule has 0 radical (unpaired) electrons. The number of aryl methyl sites for hydroxylation is 1. The molecule has 0 unspecified atom stereocenters. The first-order chi connectivity index (χ1) is 9.24. The fourth-order valence-corrected chi connectivity index (χ4v) is 3.56. The lowest BCUT2D eigenvalue weighted by Gasteiger charge is -2.29. The number of rotatable bonds is 3. The van der Waals surface area contributed by atoms with Crippen LogP contribution in [0.25, 0.3) is 0 Å². The lowest BCUT2D eigenvalue weighted by atomic mass is 9.82. The van der Waals surface area contributed by atoms with Gasteiger partial charge < -0.3 is 10.0 Å². The first kappa shape index (κ1) is 12.7. The summed E-state index contributed by atoms with van der Waals surface area (Å²) < 4.78 is 0. The van der Waals surface area contributed by atoms with E-state index in [0.29, 0.717) is 5.92 Å². The Labute approximate surface area is 114 Å². The Balaban J connectivity index is 1.67. The van der Waals surface area contributed by atoms with Crippen molar-refractivity contribution in [3.8, 4) is 0 Å². The summed E-state index contributed by atoms with van der Waals surface area (Å²) in [6.07, 6.45) is 4.51. The second kappa shape index (κ2) is 5.33. The summed E-state index contributed by atoms with van der Waals surface area (Å²) in [5.41, 5.74) is 2.99. The molecule has 3 heteroatoms. The smallest absolute Gasteiger partial charge is 0.307 e. The maximum Gasteiger partial charge on any atom is 0.307 e. The Hall–Kier alpha value is -1.35. The van der Waals surface area contributed by atoms with E-state index < -0.39 is 5.97 Å². The maximum absolute atomic E-state index is 11.0. The standard InChI is InChI=1S/C16H21NO2/c18-16(19)14-8-9-17(11-14)10-13-6-3-5-12-4-1-2-7-15(12)13/h1-2,4,7,13-14H,3,5-6,8-11H2,(H,18,19)/t13-,14+/m0/s1. The largest absolute Gasteiger partial charge is 0.481 e. The lowest BCUT2D eigenvalue weighted by Crippen LogP contribution is -2.29. The topological polar surface area (TPSA) is 40.5 Å². The lowest BCUT2D eigenvalue weighted by molar-refractivity contribution is -0.141. The number of hydrogen-bond donors (Lipinski definition) is 1. The van der Waals surface area contributed by atoms with Gasteiger partial charge in [-0.05, 0) is 49.3 Å². The predicted molar refractivity (Wildman–Crippen MR) is 74.3 cm³/mol. The van der Waals surface area contributed by atoms with Gasteiger partial charge in [0, 0.05) is 13.1 Å². The van der Waals surface area contributed by atoms with E-state index in [-0.39, 0.29) is 5.92 Å². The van der Waals surface area contributed by atoms with E-state index in [1.165, 1.54) is 30.4 Å². The zero-order chi connectivity index (χ0) is 13.2.